The molecule has 0 saturated carbocycles. The normalized spacial score (nSPS) is 10.4. The maximum absolute atomic E-state index is 12.7. The molecule has 2 amide bonds. The van der Waals surface area contributed by atoms with E-state index in [4.69, 9.17) is 0 Å². The van der Waals surface area contributed by atoms with Crippen molar-refractivity contribution in [2.45, 2.75) is 20.4 Å². The average molecular weight is 238 g/mol. The van der Waals surface area contributed by atoms with Gasteiger partial charge in [-0.3, -0.25) is 0 Å². The number of nitrogens with one attached hydrogen (secondary N) is 1. The number of hydrogen-bond donors (Lipinski definition) is 1. The molecule has 0 aliphatic heterocycles. The number of nitrogens with zero attached hydrogens (tertiary/aromatic N) is 1. The quantitative estimate of drug-likeness (QED) is 0.859. The van der Waals surface area contributed by atoms with Crippen molar-refractivity contribution in [3.8, 4) is 0 Å². The van der Waals surface area contributed by atoms with Gasteiger partial charge in [0.1, 0.15) is 5.82 Å². The van der Waals surface area contributed by atoms with Gasteiger partial charge in [-0.25, -0.2) is 9.18 Å². The molecule has 1 N–H and O–H groups in total. The molecule has 0 aliphatic carbocycles. The predicted molar refractivity (Wildman–Crippen MR) is 66.1 cm³/mol. The van der Waals surface area contributed by atoms with Crippen LogP contribution in [0.1, 0.15) is 19.4 Å². The molecule has 1 rings (SSSR count). The molecule has 17 heavy (non-hydrogen) atoms. The maximum Gasteiger partial charge on any atom is 0.317 e. The Labute approximate surface area is 102 Å². The first-order valence-corrected chi connectivity index (χ1v) is 5.72. The summed E-state index contributed by atoms with van der Waals surface area (Å²) in [6, 6.07) is 6.05. The van der Waals surface area contributed by atoms with Crippen LogP contribution in [0.5, 0.6) is 0 Å². The number of halogens is 1. The number of hydrogen-bond acceptors (Lipinski definition) is 1. The fourth-order valence-electron chi connectivity index (χ4n) is 1.36. The highest BCUT2D eigenvalue weighted by atomic mass is 19.1. The minimum Gasteiger partial charge on any atom is -0.338 e. The first kappa shape index (κ1) is 13.5. The summed E-state index contributed by atoms with van der Waals surface area (Å²) in [4.78, 5) is 13.2. The van der Waals surface area contributed by atoms with E-state index in [1.54, 1.807) is 24.1 Å². The van der Waals surface area contributed by atoms with Crippen molar-refractivity contribution in [1.29, 1.82) is 0 Å². The van der Waals surface area contributed by atoms with Crippen LogP contribution in [-0.4, -0.2) is 24.5 Å². The monoisotopic (exact) mass is 238 g/mol. The third-order valence-electron chi connectivity index (χ3n) is 2.34. The standard InChI is InChI=1S/C13H19FN2O/c1-10(2)8-15-13(17)16(3)9-11-4-6-12(14)7-5-11/h4-7,10H,8-9H2,1-3H3,(H,15,17). The van der Waals surface area contributed by atoms with E-state index >= 15 is 0 Å². The molecule has 0 unspecified atom stereocenters. The Balaban J connectivity index is 2.45. The SMILES string of the molecule is CC(C)CNC(=O)N(C)Cc1ccc(F)cc1. The van der Waals surface area contributed by atoms with E-state index in [9.17, 15) is 9.18 Å². The van der Waals surface area contributed by atoms with E-state index in [0.717, 1.165) is 5.56 Å². The highest BCUT2D eigenvalue weighted by Crippen LogP contribution is 2.05. The van der Waals surface area contributed by atoms with Crippen molar-refractivity contribution in [2.24, 2.45) is 5.92 Å². The Morgan fingerprint density at radius 2 is 1.94 bits per heavy atom. The summed E-state index contributed by atoms with van der Waals surface area (Å²) < 4.78 is 12.7. The van der Waals surface area contributed by atoms with Gasteiger partial charge in [0.05, 0.1) is 0 Å². The van der Waals surface area contributed by atoms with Gasteiger partial charge in [-0.15, -0.1) is 0 Å². The highest BCUT2D eigenvalue weighted by Gasteiger charge is 2.08. The second-order valence-electron chi connectivity index (χ2n) is 4.56. The van der Waals surface area contributed by atoms with Gasteiger partial charge in [-0.1, -0.05) is 26.0 Å². The fraction of sp³-hybridized carbons (Fsp3) is 0.462. The smallest absolute Gasteiger partial charge is 0.317 e. The zero-order chi connectivity index (χ0) is 12.8. The molecule has 0 spiro atoms. The number of rotatable bonds is 4. The lowest BCUT2D eigenvalue weighted by atomic mass is 10.2. The van der Waals surface area contributed by atoms with Gasteiger partial charge in [0, 0.05) is 20.1 Å². The molecule has 94 valence electrons. The minimum absolute atomic E-state index is 0.108. The largest absolute Gasteiger partial charge is 0.338 e. The highest BCUT2D eigenvalue weighted by molar-refractivity contribution is 5.73. The molecule has 4 heteroatoms. The number of carbonyl (C=O) groups excluding carboxylic acids is 1. The molecule has 3 nitrogen and oxygen atoms in total. The third kappa shape index (κ3) is 4.85. The van der Waals surface area contributed by atoms with Gasteiger partial charge >= 0.3 is 6.03 Å². The Kier molecular flexibility index (Phi) is 4.94. The van der Waals surface area contributed by atoms with Crippen molar-refractivity contribution >= 4 is 6.03 Å². The summed E-state index contributed by atoms with van der Waals surface area (Å²) in [7, 11) is 1.72. The topological polar surface area (TPSA) is 32.3 Å². The summed E-state index contributed by atoms with van der Waals surface area (Å²) in [5, 5.41) is 2.83. The van der Waals surface area contributed by atoms with Crippen LogP contribution in [0.15, 0.2) is 24.3 Å². The van der Waals surface area contributed by atoms with E-state index in [-0.39, 0.29) is 11.8 Å². The number of amides is 2. The van der Waals surface area contributed by atoms with Crippen LogP contribution in [-0.2, 0) is 6.54 Å². The lowest BCUT2D eigenvalue weighted by Crippen LogP contribution is -2.38. The molecular weight excluding hydrogens is 219 g/mol. The number of benzene rings is 1. The summed E-state index contributed by atoms with van der Waals surface area (Å²) in [5.74, 6) is 0.166. The molecule has 0 atom stereocenters. The molecular formula is C13H19FN2O. The summed E-state index contributed by atoms with van der Waals surface area (Å²) >= 11 is 0. The first-order chi connectivity index (χ1) is 7.99. The van der Waals surface area contributed by atoms with Gasteiger partial charge in [0.15, 0.2) is 0 Å². The lowest BCUT2D eigenvalue weighted by molar-refractivity contribution is 0.205. The molecule has 0 aliphatic rings. The molecule has 1 aromatic rings. The molecule has 0 radical (unpaired) electrons. The van der Waals surface area contributed by atoms with Crippen LogP contribution in [0.25, 0.3) is 0 Å². The maximum atomic E-state index is 12.7. The Morgan fingerprint density at radius 1 is 1.35 bits per heavy atom. The molecule has 0 bridgehead atoms. The van der Waals surface area contributed by atoms with Crippen molar-refractivity contribution < 1.29 is 9.18 Å². The van der Waals surface area contributed by atoms with Crippen LogP contribution < -0.4 is 5.32 Å². The van der Waals surface area contributed by atoms with Gasteiger partial charge in [0.2, 0.25) is 0 Å². The minimum atomic E-state index is -0.263. The van der Waals surface area contributed by atoms with Gasteiger partial charge in [-0.2, -0.15) is 0 Å². The summed E-state index contributed by atoms with van der Waals surface area (Å²) in [6.07, 6.45) is 0. The lowest BCUT2D eigenvalue weighted by Gasteiger charge is -2.18. The molecule has 0 aromatic heterocycles. The van der Waals surface area contributed by atoms with E-state index in [1.165, 1.54) is 12.1 Å². The van der Waals surface area contributed by atoms with E-state index < -0.39 is 0 Å². The Morgan fingerprint density at radius 3 is 2.47 bits per heavy atom. The van der Waals surface area contributed by atoms with Crippen LogP contribution >= 0.6 is 0 Å². The van der Waals surface area contributed by atoms with Crippen LogP contribution in [0, 0.1) is 11.7 Å². The Hall–Kier alpha value is -1.58. The summed E-state index contributed by atoms with van der Waals surface area (Å²) in [5.41, 5.74) is 0.911. The van der Waals surface area contributed by atoms with Crippen LogP contribution in [0.3, 0.4) is 0 Å². The van der Waals surface area contributed by atoms with Gasteiger partial charge < -0.3 is 10.2 Å². The van der Waals surface area contributed by atoms with Crippen LogP contribution in [0.2, 0.25) is 0 Å². The molecule has 1 aromatic carbocycles. The van der Waals surface area contributed by atoms with Crippen LogP contribution in [0.4, 0.5) is 9.18 Å². The molecule has 0 heterocycles. The number of urea groups is 1. The van der Waals surface area contributed by atoms with Crippen molar-refractivity contribution in [3.05, 3.63) is 35.6 Å². The molecule has 0 saturated heterocycles. The third-order valence-corrected chi connectivity index (χ3v) is 2.34. The van der Waals surface area contributed by atoms with E-state index in [2.05, 4.69) is 5.32 Å². The van der Waals surface area contributed by atoms with Gasteiger partial charge in [-0.05, 0) is 23.6 Å². The number of carbonyl (C=O) groups is 1. The van der Waals surface area contributed by atoms with Crippen molar-refractivity contribution in [3.63, 3.8) is 0 Å². The second kappa shape index (κ2) is 6.23. The fourth-order valence-corrected chi connectivity index (χ4v) is 1.36. The van der Waals surface area contributed by atoms with Crippen molar-refractivity contribution in [1.82, 2.24) is 10.2 Å². The van der Waals surface area contributed by atoms with E-state index in [1.807, 2.05) is 13.8 Å². The van der Waals surface area contributed by atoms with Crippen molar-refractivity contribution in [2.75, 3.05) is 13.6 Å². The zero-order valence-electron chi connectivity index (χ0n) is 10.5. The second-order valence-corrected chi connectivity index (χ2v) is 4.56. The summed E-state index contributed by atoms with van der Waals surface area (Å²) in [6.45, 7) is 5.22. The molecule has 0 fully saturated rings. The predicted octanol–water partition coefficient (Wildman–Crippen LogP) is 2.62. The zero-order valence-corrected chi connectivity index (χ0v) is 10.5. The van der Waals surface area contributed by atoms with Gasteiger partial charge in [0.25, 0.3) is 0 Å². The first-order valence-electron chi connectivity index (χ1n) is 5.72. The average Bonchev–Trinajstić information content (AvgIpc) is 2.28. The van der Waals surface area contributed by atoms with E-state index in [0.29, 0.717) is 19.0 Å². The Bertz CT molecular complexity index is 362.